The standard InChI is InChI=1S/C21H27N3O6S2/c1-23(2)31(26,27)17-9-7-16(8-10-17)21(25)22-19-15-18(11-12-20(19)30-3)32(28,29)24-13-5-4-6-14-24/h7-12,15H,4-6,13-14H2,1-3H3,(H,22,25). The number of methoxy groups -OCH3 is 1. The number of rotatable bonds is 7. The van der Waals surface area contributed by atoms with Gasteiger partial charge in [0, 0.05) is 32.7 Å². The third-order valence-electron chi connectivity index (χ3n) is 5.27. The van der Waals surface area contributed by atoms with E-state index in [9.17, 15) is 21.6 Å². The minimum atomic E-state index is -3.68. The Bertz CT molecular complexity index is 1190. The normalized spacial score (nSPS) is 15.5. The lowest BCUT2D eigenvalue weighted by molar-refractivity contribution is 0.102. The Kier molecular flexibility index (Phi) is 7.23. The molecule has 0 spiro atoms. The molecule has 0 saturated carbocycles. The Morgan fingerprint density at radius 3 is 2.09 bits per heavy atom. The number of ether oxygens (including phenoxy) is 1. The summed E-state index contributed by atoms with van der Waals surface area (Å²) in [5.41, 5.74) is 0.426. The molecule has 1 N–H and O–H groups in total. The van der Waals surface area contributed by atoms with Gasteiger partial charge in [-0.3, -0.25) is 4.79 Å². The van der Waals surface area contributed by atoms with Crippen LogP contribution < -0.4 is 10.1 Å². The molecule has 1 aliphatic rings. The second kappa shape index (κ2) is 9.57. The largest absolute Gasteiger partial charge is 0.495 e. The maximum absolute atomic E-state index is 13.0. The molecule has 0 bridgehead atoms. The Labute approximate surface area is 189 Å². The van der Waals surface area contributed by atoms with E-state index in [0.717, 1.165) is 23.6 Å². The second-order valence-electron chi connectivity index (χ2n) is 7.59. The highest BCUT2D eigenvalue weighted by Crippen LogP contribution is 2.30. The van der Waals surface area contributed by atoms with Crippen LogP contribution in [0.15, 0.2) is 52.3 Å². The number of nitrogens with one attached hydrogen (secondary N) is 1. The molecular weight excluding hydrogens is 454 g/mol. The molecule has 174 valence electrons. The molecule has 0 radical (unpaired) electrons. The number of benzene rings is 2. The van der Waals surface area contributed by atoms with Gasteiger partial charge in [0.25, 0.3) is 5.91 Å². The molecular formula is C21H27N3O6S2. The lowest BCUT2D eigenvalue weighted by atomic mass is 10.2. The molecule has 3 rings (SSSR count). The van der Waals surface area contributed by atoms with Crippen LogP contribution in [0.25, 0.3) is 0 Å². The van der Waals surface area contributed by atoms with Gasteiger partial charge in [0.15, 0.2) is 0 Å². The zero-order valence-corrected chi connectivity index (χ0v) is 19.9. The molecule has 0 atom stereocenters. The number of hydrogen-bond acceptors (Lipinski definition) is 6. The van der Waals surface area contributed by atoms with Crippen LogP contribution in [0.4, 0.5) is 5.69 Å². The number of nitrogens with zero attached hydrogens (tertiary/aromatic N) is 2. The summed E-state index contributed by atoms with van der Waals surface area (Å²) in [4.78, 5) is 12.9. The first-order chi connectivity index (χ1) is 15.1. The van der Waals surface area contributed by atoms with Gasteiger partial charge >= 0.3 is 0 Å². The molecule has 0 unspecified atom stereocenters. The Hall–Kier alpha value is -2.47. The highest BCUT2D eigenvalue weighted by Gasteiger charge is 2.27. The lowest BCUT2D eigenvalue weighted by Crippen LogP contribution is -2.35. The van der Waals surface area contributed by atoms with Gasteiger partial charge in [-0.05, 0) is 55.3 Å². The van der Waals surface area contributed by atoms with E-state index in [-0.39, 0.29) is 21.0 Å². The average Bonchev–Trinajstić information content (AvgIpc) is 2.79. The first-order valence-corrected chi connectivity index (χ1v) is 13.0. The summed E-state index contributed by atoms with van der Waals surface area (Å²) in [7, 11) is -3.03. The van der Waals surface area contributed by atoms with Crippen LogP contribution in [-0.4, -0.2) is 65.6 Å². The van der Waals surface area contributed by atoms with E-state index >= 15 is 0 Å². The fraction of sp³-hybridized carbons (Fsp3) is 0.381. The first-order valence-electron chi connectivity index (χ1n) is 10.1. The number of amides is 1. The minimum absolute atomic E-state index is 0.0613. The van der Waals surface area contributed by atoms with E-state index in [1.807, 2.05) is 0 Å². The van der Waals surface area contributed by atoms with Crippen LogP contribution in [-0.2, 0) is 20.0 Å². The van der Waals surface area contributed by atoms with Gasteiger partial charge < -0.3 is 10.1 Å². The van der Waals surface area contributed by atoms with Crippen LogP contribution >= 0.6 is 0 Å². The number of sulfonamides is 2. The molecule has 2 aromatic carbocycles. The van der Waals surface area contributed by atoms with Gasteiger partial charge in [-0.25, -0.2) is 21.1 Å². The predicted molar refractivity (Wildman–Crippen MR) is 121 cm³/mol. The second-order valence-corrected chi connectivity index (χ2v) is 11.7. The number of hydrogen-bond donors (Lipinski definition) is 1. The smallest absolute Gasteiger partial charge is 0.255 e. The quantitative estimate of drug-likeness (QED) is 0.650. The van der Waals surface area contributed by atoms with Crippen LogP contribution in [0, 0.1) is 0 Å². The zero-order chi connectivity index (χ0) is 23.5. The van der Waals surface area contributed by atoms with Gasteiger partial charge in [-0.1, -0.05) is 6.42 Å². The monoisotopic (exact) mass is 481 g/mol. The van der Waals surface area contributed by atoms with Crippen LogP contribution in [0.3, 0.4) is 0 Å². The molecule has 2 aromatic rings. The van der Waals surface area contributed by atoms with Crippen LogP contribution in [0.2, 0.25) is 0 Å². The van der Waals surface area contributed by atoms with Crippen molar-refractivity contribution in [2.24, 2.45) is 0 Å². The van der Waals surface area contributed by atoms with E-state index in [1.54, 1.807) is 0 Å². The van der Waals surface area contributed by atoms with Gasteiger partial charge in [0.2, 0.25) is 20.0 Å². The molecule has 1 aliphatic heterocycles. The van der Waals surface area contributed by atoms with Crippen molar-refractivity contribution in [1.82, 2.24) is 8.61 Å². The van der Waals surface area contributed by atoms with Gasteiger partial charge in [-0.15, -0.1) is 0 Å². The Balaban J connectivity index is 1.86. The maximum Gasteiger partial charge on any atom is 0.255 e. The predicted octanol–water partition coefficient (Wildman–Crippen LogP) is 2.37. The van der Waals surface area contributed by atoms with E-state index in [0.29, 0.717) is 18.8 Å². The zero-order valence-electron chi connectivity index (χ0n) is 18.2. The highest BCUT2D eigenvalue weighted by atomic mass is 32.2. The number of piperidine rings is 1. The summed E-state index contributed by atoms with van der Waals surface area (Å²) in [6, 6.07) is 9.82. The minimum Gasteiger partial charge on any atom is -0.495 e. The van der Waals surface area contributed by atoms with E-state index in [4.69, 9.17) is 4.74 Å². The summed E-state index contributed by atoms with van der Waals surface area (Å²) >= 11 is 0. The maximum atomic E-state index is 13.0. The molecule has 0 aliphatic carbocycles. The van der Waals surface area contributed by atoms with Crippen molar-refractivity contribution in [1.29, 1.82) is 0 Å². The Morgan fingerprint density at radius 2 is 1.53 bits per heavy atom. The van der Waals surface area contributed by atoms with E-state index in [1.165, 1.54) is 68.0 Å². The number of carbonyl (C=O) groups excluding carboxylic acids is 1. The van der Waals surface area contributed by atoms with Gasteiger partial charge in [0.05, 0.1) is 22.6 Å². The summed E-state index contributed by atoms with van der Waals surface area (Å²) in [6.45, 7) is 0.941. The molecule has 1 amide bonds. The van der Waals surface area contributed by atoms with Crippen LogP contribution in [0.5, 0.6) is 5.75 Å². The van der Waals surface area contributed by atoms with Crippen molar-refractivity contribution in [2.75, 3.05) is 39.6 Å². The van der Waals surface area contributed by atoms with Crippen molar-refractivity contribution in [2.45, 2.75) is 29.1 Å². The molecule has 1 fully saturated rings. The highest BCUT2D eigenvalue weighted by molar-refractivity contribution is 7.89. The van der Waals surface area contributed by atoms with Crippen molar-refractivity contribution >= 4 is 31.6 Å². The first kappa shape index (κ1) is 24.2. The molecule has 9 nitrogen and oxygen atoms in total. The van der Waals surface area contributed by atoms with Gasteiger partial charge in [-0.2, -0.15) is 4.31 Å². The van der Waals surface area contributed by atoms with E-state index < -0.39 is 26.0 Å². The molecule has 32 heavy (non-hydrogen) atoms. The third kappa shape index (κ3) is 4.96. The van der Waals surface area contributed by atoms with Gasteiger partial charge in [0.1, 0.15) is 5.75 Å². The molecule has 1 heterocycles. The van der Waals surface area contributed by atoms with Crippen molar-refractivity contribution < 1.29 is 26.4 Å². The summed E-state index contributed by atoms with van der Waals surface area (Å²) in [5.74, 6) is -0.215. The van der Waals surface area contributed by atoms with E-state index in [2.05, 4.69) is 5.32 Å². The molecule has 0 aromatic heterocycles. The third-order valence-corrected chi connectivity index (χ3v) is 8.99. The van der Waals surface area contributed by atoms with Crippen molar-refractivity contribution in [3.8, 4) is 5.75 Å². The SMILES string of the molecule is COc1ccc(S(=O)(=O)N2CCCCC2)cc1NC(=O)c1ccc(S(=O)(=O)N(C)C)cc1. The topological polar surface area (TPSA) is 113 Å². The van der Waals surface area contributed by atoms with Crippen molar-refractivity contribution in [3.63, 3.8) is 0 Å². The Morgan fingerprint density at radius 1 is 0.938 bits per heavy atom. The van der Waals surface area contributed by atoms with Crippen LogP contribution in [0.1, 0.15) is 29.6 Å². The molecule has 1 saturated heterocycles. The fourth-order valence-electron chi connectivity index (χ4n) is 3.38. The number of anilines is 1. The fourth-order valence-corrected chi connectivity index (χ4v) is 5.83. The average molecular weight is 482 g/mol. The summed E-state index contributed by atoms with van der Waals surface area (Å²) in [5, 5.41) is 2.67. The molecule has 11 heteroatoms. The van der Waals surface area contributed by atoms with Crippen molar-refractivity contribution in [3.05, 3.63) is 48.0 Å². The summed E-state index contributed by atoms with van der Waals surface area (Å²) < 4.78 is 58.2. The lowest BCUT2D eigenvalue weighted by Gasteiger charge is -2.26. The summed E-state index contributed by atoms with van der Waals surface area (Å²) in [6.07, 6.45) is 2.64. The number of carbonyl (C=O) groups is 1.